The number of nitrogens with one attached hydrogen (secondary N) is 1. The lowest BCUT2D eigenvalue weighted by atomic mass is 10.4. The average molecular weight is 211 g/mol. The van der Waals surface area contributed by atoms with Gasteiger partial charge in [0.05, 0.1) is 25.5 Å². The molecule has 1 heterocycles. The number of nitrogens with zero attached hydrogens (tertiary/aromatic N) is 2. The highest BCUT2D eigenvalue weighted by Crippen LogP contribution is 2.04. The fourth-order valence-corrected chi connectivity index (χ4v) is 1.07. The second-order valence-corrected chi connectivity index (χ2v) is 3.02. The lowest BCUT2D eigenvalue weighted by Crippen LogP contribution is -2.13. The Kier molecular flexibility index (Phi) is 5.65. The number of aromatic nitrogens is 2. The van der Waals surface area contributed by atoms with Gasteiger partial charge in [-0.2, -0.15) is 0 Å². The Hall–Kier alpha value is -1.20. The molecule has 0 saturated carbocycles. The van der Waals surface area contributed by atoms with Crippen molar-refractivity contribution in [3.63, 3.8) is 0 Å². The molecule has 15 heavy (non-hydrogen) atoms. The Labute approximate surface area is 89.8 Å². The van der Waals surface area contributed by atoms with Crippen molar-refractivity contribution in [3.05, 3.63) is 18.1 Å². The molecule has 0 saturated heterocycles. The highest BCUT2D eigenvalue weighted by atomic mass is 16.5. The molecule has 0 aliphatic carbocycles. The minimum atomic E-state index is 0.623. The lowest BCUT2D eigenvalue weighted by molar-refractivity contribution is 0.0759. The SMILES string of the molecule is COCCOCCNc1nccnc1C. The van der Waals surface area contributed by atoms with E-state index in [2.05, 4.69) is 15.3 Å². The quantitative estimate of drug-likeness (QED) is 0.678. The third kappa shape index (κ3) is 4.71. The molecule has 0 aliphatic rings. The van der Waals surface area contributed by atoms with E-state index < -0.39 is 0 Å². The van der Waals surface area contributed by atoms with Crippen LogP contribution in [0.3, 0.4) is 0 Å². The summed E-state index contributed by atoms with van der Waals surface area (Å²) in [4.78, 5) is 8.28. The molecule has 0 atom stereocenters. The second kappa shape index (κ2) is 7.14. The van der Waals surface area contributed by atoms with Gasteiger partial charge in [0.15, 0.2) is 0 Å². The Morgan fingerprint density at radius 2 is 2.00 bits per heavy atom. The predicted molar refractivity (Wildman–Crippen MR) is 58.0 cm³/mol. The summed E-state index contributed by atoms with van der Waals surface area (Å²) in [6, 6.07) is 0. The van der Waals surface area contributed by atoms with Crippen LogP contribution in [0.2, 0.25) is 0 Å². The van der Waals surface area contributed by atoms with Crippen molar-refractivity contribution in [2.45, 2.75) is 6.92 Å². The van der Waals surface area contributed by atoms with Crippen LogP contribution in [0.1, 0.15) is 5.69 Å². The fourth-order valence-electron chi connectivity index (χ4n) is 1.07. The van der Waals surface area contributed by atoms with E-state index in [1.54, 1.807) is 19.5 Å². The monoisotopic (exact) mass is 211 g/mol. The first-order chi connectivity index (χ1) is 7.34. The number of methoxy groups -OCH3 is 1. The number of hydrogen-bond donors (Lipinski definition) is 1. The molecule has 0 bridgehead atoms. The highest BCUT2D eigenvalue weighted by Gasteiger charge is 1.97. The Balaban J connectivity index is 2.12. The van der Waals surface area contributed by atoms with E-state index in [-0.39, 0.29) is 0 Å². The van der Waals surface area contributed by atoms with Crippen molar-refractivity contribution >= 4 is 5.82 Å². The van der Waals surface area contributed by atoms with Gasteiger partial charge in [0.1, 0.15) is 5.82 Å². The summed E-state index contributed by atoms with van der Waals surface area (Å²) in [7, 11) is 1.66. The van der Waals surface area contributed by atoms with Crippen molar-refractivity contribution in [2.75, 3.05) is 38.8 Å². The summed E-state index contributed by atoms with van der Waals surface area (Å²) < 4.78 is 10.2. The van der Waals surface area contributed by atoms with E-state index in [1.165, 1.54) is 0 Å². The highest BCUT2D eigenvalue weighted by molar-refractivity contribution is 5.37. The topological polar surface area (TPSA) is 56.3 Å². The molecule has 0 radical (unpaired) electrons. The molecule has 84 valence electrons. The van der Waals surface area contributed by atoms with Gasteiger partial charge >= 0.3 is 0 Å². The molecule has 0 aliphatic heterocycles. The van der Waals surface area contributed by atoms with Crippen molar-refractivity contribution in [3.8, 4) is 0 Å². The molecule has 1 N–H and O–H groups in total. The van der Waals surface area contributed by atoms with Gasteiger partial charge < -0.3 is 14.8 Å². The van der Waals surface area contributed by atoms with Gasteiger partial charge in [-0.3, -0.25) is 4.98 Å². The largest absolute Gasteiger partial charge is 0.382 e. The molecule has 1 rings (SSSR count). The van der Waals surface area contributed by atoms with Crippen molar-refractivity contribution < 1.29 is 9.47 Å². The van der Waals surface area contributed by atoms with Gasteiger partial charge in [0.25, 0.3) is 0 Å². The van der Waals surface area contributed by atoms with Crippen molar-refractivity contribution in [2.24, 2.45) is 0 Å². The zero-order valence-electron chi connectivity index (χ0n) is 9.19. The maximum atomic E-state index is 5.30. The fraction of sp³-hybridized carbons (Fsp3) is 0.600. The van der Waals surface area contributed by atoms with Crippen molar-refractivity contribution in [1.82, 2.24) is 9.97 Å². The van der Waals surface area contributed by atoms with Gasteiger partial charge in [0.2, 0.25) is 0 Å². The standard InChI is InChI=1S/C10H17N3O2/c1-9-10(12-4-3-11-9)13-5-6-15-8-7-14-2/h3-4H,5-8H2,1-2H3,(H,12,13). The van der Waals surface area contributed by atoms with Crippen LogP contribution < -0.4 is 5.32 Å². The third-order valence-corrected chi connectivity index (χ3v) is 1.85. The number of hydrogen-bond acceptors (Lipinski definition) is 5. The van der Waals surface area contributed by atoms with Crippen LogP contribution in [0.5, 0.6) is 0 Å². The van der Waals surface area contributed by atoms with Crippen LogP contribution >= 0.6 is 0 Å². The zero-order chi connectivity index (χ0) is 10.9. The van der Waals surface area contributed by atoms with Crippen LogP contribution in [-0.4, -0.2) is 43.4 Å². The Morgan fingerprint density at radius 3 is 2.73 bits per heavy atom. The van der Waals surface area contributed by atoms with E-state index in [9.17, 15) is 0 Å². The minimum Gasteiger partial charge on any atom is -0.382 e. The molecular formula is C10H17N3O2. The molecule has 0 aromatic carbocycles. The van der Waals surface area contributed by atoms with Gasteiger partial charge in [-0.15, -0.1) is 0 Å². The van der Waals surface area contributed by atoms with E-state index in [4.69, 9.17) is 9.47 Å². The maximum Gasteiger partial charge on any atom is 0.147 e. The molecular weight excluding hydrogens is 194 g/mol. The molecule has 1 aromatic rings. The van der Waals surface area contributed by atoms with Crippen molar-refractivity contribution in [1.29, 1.82) is 0 Å². The van der Waals surface area contributed by atoms with E-state index in [0.29, 0.717) is 19.8 Å². The summed E-state index contributed by atoms with van der Waals surface area (Å²) in [5, 5.41) is 3.15. The van der Waals surface area contributed by atoms with Gasteiger partial charge in [-0.05, 0) is 6.92 Å². The van der Waals surface area contributed by atoms with Gasteiger partial charge in [0, 0.05) is 26.0 Å². The maximum absolute atomic E-state index is 5.30. The van der Waals surface area contributed by atoms with E-state index in [0.717, 1.165) is 18.1 Å². The first-order valence-electron chi connectivity index (χ1n) is 4.92. The summed E-state index contributed by atoms with van der Waals surface area (Å²) in [6.45, 7) is 4.53. The van der Waals surface area contributed by atoms with Crippen LogP contribution in [0.25, 0.3) is 0 Å². The smallest absolute Gasteiger partial charge is 0.147 e. The molecule has 0 fully saturated rings. The second-order valence-electron chi connectivity index (χ2n) is 3.02. The molecule has 0 spiro atoms. The zero-order valence-corrected chi connectivity index (χ0v) is 9.19. The average Bonchev–Trinajstić information content (AvgIpc) is 2.25. The van der Waals surface area contributed by atoms with Gasteiger partial charge in [-0.1, -0.05) is 0 Å². The number of rotatable bonds is 7. The number of aryl methyl sites for hydroxylation is 1. The van der Waals surface area contributed by atoms with Crippen LogP contribution in [0.4, 0.5) is 5.82 Å². The lowest BCUT2D eigenvalue weighted by Gasteiger charge is -2.07. The van der Waals surface area contributed by atoms with Gasteiger partial charge in [-0.25, -0.2) is 4.98 Å². The Bertz CT molecular complexity index is 281. The van der Waals surface area contributed by atoms with E-state index in [1.807, 2.05) is 6.92 Å². The van der Waals surface area contributed by atoms with Crippen LogP contribution in [0.15, 0.2) is 12.4 Å². The summed E-state index contributed by atoms with van der Waals surface area (Å²) in [5.74, 6) is 0.813. The molecule has 1 aromatic heterocycles. The predicted octanol–water partition coefficient (Wildman–Crippen LogP) is 0.860. The molecule has 5 nitrogen and oxygen atoms in total. The number of anilines is 1. The first-order valence-corrected chi connectivity index (χ1v) is 4.92. The normalized spacial score (nSPS) is 10.3. The minimum absolute atomic E-state index is 0.623. The Morgan fingerprint density at radius 1 is 1.20 bits per heavy atom. The summed E-state index contributed by atoms with van der Waals surface area (Å²) in [6.07, 6.45) is 3.34. The molecule has 0 unspecified atom stereocenters. The van der Waals surface area contributed by atoms with Crippen LogP contribution in [-0.2, 0) is 9.47 Å². The van der Waals surface area contributed by atoms with E-state index >= 15 is 0 Å². The number of ether oxygens (including phenoxy) is 2. The van der Waals surface area contributed by atoms with Crippen LogP contribution in [0, 0.1) is 6.92 Å². The first kappa shape index (κ1) is 11.9. The third-order valence-electron chi connectivity index (χ3n) is 1.85. The molecule has 5 heteroatoms. The summed E-state index contributed by atoms with van der Waals surface area (Å²) in [5.41, 5.74) is 0.898. The molecule has 0 amide bonds. The summed E-state index contributed by atoms with van der Waals surface area (Å²) >= 11 is 0.